The maximum atomic E-state index is 12.9. The van der Waals surface area contributed by atoms with Gasteiger partial charge in [-0.05, 0) is 55.1 Å². The second-order valence-electron chi connectivity index (χ2n) is 7.45. The van der Waals surface area contributed by atoms with Crippen molar-refractivity contribution in [2.24, 2.45) is 5.41 Å². The number of piperidine rings is 1. The van der Waals surface area contributed by atoms with Gasteiger partial charge in [0.25, 0.3) is 0 Å². The Morgan fingerprint density at radius 3 is 2.50 bits per heavy atom. The molecule has 2 aromatic rings. The minimum atomic E-state index is -0.294. The molecule has 0 saturated carbocycles. The van der Waals surface area contributed by atoms with Gasteiger partial charge >= 0.3 is 0 Å². The summed E-state index contributed by atoms with van der Waals surface area (Å²) in [6.07, 6.45) is 2.56. The van der Waals surface area contributed by atoms with Gasteiger partial charge in [-0.1, -0.05) is 42.5 Å². The number of likely N-dealkylation sites (tertiary alicyclic amines) is 1. The van der Waals surface area contributed by atoms with Gasteiger partial charge < -0.3 is 5.32 Å². The van der Waals surface area contributed by atoms with E-state index in [1.165, 1.54) is 11.1 Å². The molecule has 0 radical (unpaired) electrons. The maximum Gasteiger partial charge on any atom is 0.226 e. The molecule has 1 spiro atoms. The zero-order chi connectivity index (χ0) is 18.0. The molecule has 1 saturated heterocycles. The Hall–Kier alpha value is -2.64. The van der Waals surface area contributed by atoms with Crippen molar-refractivity contribution in [2.45, 2.75) is 32.4 Å². The number of rotatable bonds is 2. The molecule has 1 N–H and O–H groups in total. The molecule has 2 aliphatic rings. The first kappa shape index (κ1) is 16.8. The normalized spacial score (nSPS) is 19.3. The average Bonchev–Trinajstić information content (AvgIpc) is 2.81. The van der Waals surface area contributed by atoms with Crippen molar-refractivity contribution in [2.75, 3.05) is 13.1 Å². The van der Waals surface area contributed by atoms with E-state index in [0.29, 0.717) is 6.54 Å². The second-order valence-corrected chi connectivity index (χ2v) is 7.45. The van der Waals surface area contributed by atoms with Gasteiger partial charge in [-0.25, -0.2) is 0 Å². The van der Waals surface area contributed by atoms with Crippen LogP contribution in [0.25, 0.3) is 0 Å². The molecular weight excluding hydrogens is 322 g/mol. The van der Waals surface area contributed by atoms with Gasteiger partial charge in [-0.15, -0.1) is 0 Å². The van der Waals surface area contributed by atoms with E-state index in [2.05, 4.69) is 34.5 Å². The topological polar surface area (TPSA) is 56.1 Å². The van der Waals surface area contributed by atoms with Crippen LogP contribution < -0.4 is 5.32 Å². The lowest BCUT2D eigenvalue weighted by Gasteiger charge is -2.40. The average molecular weight is 345 g/mol. The highest BCUT2D eigenvalue weighted by atomic mass is 16.2. The number of hydrogen-bond donors (Lipinski definition) is 1. The van der Waals surface area contributed by atoms with Crippen LogP contribution in [-0.2, 0) is 24.3 Å². The van der Waals surface area contributed by atoms with Gasteiger partial charge in [0.1, 0.15) is 0 Å². The van der Waals surface area contributed by atoms with Crippen LogP contribution in [-0.4, -0.2) is 23.9 Å². The number of carbonyl (C=O) groups excluding carboxylic acids is 1. The highest BCUT2D eigenvalue weighted by Gasteiger charge is 2.42. The van der Waals surface area contributed by atoms with Crippen molar-refractivity contribution in [1.29, 1.82) is 5.26 Å². The van der Waals surface area contributed by atoms with Crippen molar-refractivity contribution in [3.63, 3.8) is 0 Å². The zero-order valence-corrected chi connectivity index (χ0v) is 14.9. The van der Waals surface area contributed by atoms with Crippen LogP contribution in [0, 0.1) is 16.7 Å². The van der Waals surface area contributed by atoms with Crippen LogP contribution in [0.1, 0.15) is 35.1 Å². The number of nitriles is 1. The quantitative estimate of drug-likeness (QED) is 0.910. The molecule has 2 heterocycles. The number of hydrogen-bond acceptors (Lipinski definition) is 3. The molecule has 1 fully saturated rings. The Balaban J connectivity index is 1.49. The second kappa shape index (κ2) is 6.93. The third-order valence-electron chi connectivity index (χ3n) is 5.91. The summed E-state index contributed by atoms with van der Waals surface area (Å²) in [5, 5.41) is 12.4. The van der Waals surface area contributed by atoms with Crippen molar-refractivity contribution in [3.8, 4) is 6.07 Å². The number of fused-ring (bicyclic) bond motifs is 1. The molecule has 4 rings (SSSR count). The molecule has 4 nitrogen and oxygen atoms in total. The lowest BCUT2D eigenvalue weighted by molar-refractivity contribution is -0.133. The van der Waals surface area contributed by atoms with E-state index in [9.17, 15) is 10.1 Å². The standard InChI is InChI=1S/C22H23N3O/c23-14-18-6-2-4-8-20(18)16-25-11-9-22(10-12-25)13-17-5-1-3-7-19(17)15-24-21(22)26/h1-8H,9-13,15-16H2,(H,24,26). The lowest BCUT2D eigenvalue weighted by atomic mass is 9.73. The molecule has 0 aromatic heterocycles. The third kappa shape index (κ3) is 3.11. The summed E-state index contributed by atoms with van der Waals surface area (Å²) >= 11 is 0. The number of amides is 1. The SMILES string of the molecule is N#Cc1ccccc1CN1CCC2(CC1)Cc1ccccc1CNC2=O. The van der Waals surface area contributed by atoms with Gasteiger partial charge in [-0.3, -0.25) is 9.69 Å². The van der Waals surface area contributed by atoms with E-state index in [1.807, 2.05) is 30.3 Å². The highest BCUT2D eigenvalue weighted by Crippen LogP contribution is 2.38. The molecule has 132 valence electrons. The van der Waals surface area contributed by atoms with Gasteiger partial charge in [0.15, 0.2) is 0 Å². The Bertz CT molecular complexity index is 860. The van der Waals surface area contributed by atoms with E-state index < -0.39 is 0 Å². The predicted octanol–water partition coefficient (Wildman–Crippen LogP) is 3.01. The predicted molar refractivity (Wildman–Crippen MR) is 100 cm³/mol. The van der Waals surface area contributed by atoms with Crippen LogP contribution in [0.4, 0.5) is 0 Å². The molecule has 0 unspecified atom stereocenters. The first-order chi connectivity index (χ1) is 12.7. The molecule has 2 aromatic carbocycles. The molecule has 0 atom stereocenters. The fraction of sp³-hybridized carbons (Fsp3) is 0.364. The largest absolute Gasteiger partial charge is 0.352 e. The Kier molecular flexibility index (Phi) is 4.48. The van der Waals surface area contributed by atoms with Crippen LogP contribution in [0.15, 0.2) is 48.5 Å². The number of carbonyl (C=O) groups is 1. The fourth-order valence-electron chi connectivity index (χ4n) is 4.26. The van der Waals surface area contributed by atoms with Crippen molar-refractivity contribution >= 4 is 5.91 Å². The third-order valence-corrected chi connectivity index (χ3v) is 5.91. The molecule has 1 amide bonds. The van der Waals surface area contributed by atoms with Gasteiger partial charge in [-0.2, -0.15) is 5.26 Å². The number of nitrogens with one attached hydrogen (secondary N) is 1. The van der Waals surface area contributed by atoms with Crippen LogP contribution in [0.3, 0.4) is 0 Å². The Labute approximate surface area is 154 Å². The highest BCUT2D eigenvalue weighted by molar-refractivity contribution is 5.83. The molecule has 0 aliphatic carbocycles. The summed E-state index contributed by atoms with van der Waals surface area (Å²) < 4.78 is 0. The van der Waals surface area contributed by atoms with E-state index in [0.717, 1.165) is 50.0 Å². The van der Waals surface area contributed by atoms with Crippen molar-refractivity contribution in [3.05, 3.63) is 70.8 Å². The number of nitrogens with zero attached hydrogens (tertiary/aromatic N) is 2. The van der Waals surface area contributed by atoms with Gasteiger partial charge in [0, 0.05) is 13.1 Å². The summed E-state index contributed by atoms with van der Waals surface area (Å²) in [5.41, 5.74) is 4.06. The van der Waals surface area contributed by atoms with E-state index in [1.54, 1.807) is 0 Å². The molecular formula is C22H23N3O. The fourth-order valence-corrected chi connectivity index (χ4v) is 4.26. The molecule has 2 aliphatic heterocycles. The minimum absolute atomic E-state index is 0.200. The van der Waals surface area contributed by atoms with Crippen molar-refractivity contribution < 1.29 is 4.79 Å². The molecule has 26 heavy (non-hydrogen) atoms. The van der Waals surface area contributed by atoms with Gasteiger partial charge in [0.2, 0.25) is 5.91 Å². The molecule has 0 bridgehead atoms. The summed E-state index contributed by atoms with van der Waals surface area (Å²) in [5.74, 6) is 0.200. The van der Waals surface area contributed by atoms with E-state index in [4.69, 9.17) is 0 Å². The summed E-state index contributed by atoms with van der Waals surface area (Å²) in [6.45, 7) is 3.18. The smallest absolute Gasteiger partial charge is 0.226 e. The Morgan fingerprint density at radius 2 is 1.73 bits per heavy atom. The first-order valence-corrected chi connectivity index (χ1v) is 9.26. The van der Waals surface area contributed by atoms with Crippen LogP contribution >= 0.6 is 0 Å². The summed E-state index contributed by atoms with van der Waals surface area (Å²) in [6, 6.07) is 18.4. The van der Waals surface area contributed by atoms with E-state index in [-0.39, 0.29) is 11.3 Å². The lowest BCUT2D eigenvalue weighted by Crippen LogP contribution is -2.48. The minimum Gasteiger partial charge on any atom is -0.352 e. The number of benzene rings is 2. The summed E-state index contributed by atoms with van der Waals surface area (Å²) in [7, 11) is 0. The van der Waals surface area contributed by atoms with Crippen LogP contribution in [0.2, 0.25) is 0 Å². The van der Waals surface area contributed by atoms with Crippen molar-refractivity contribution in [1.82, 2.24) is 10.2 Å². The Morgan fingerprint density at radius 1 is 1.04 bits per heavy atom. The monoisotopic (exact) mass is 345 g/mol. The first-order valence-electron chi connectivity index (χ1n) is 9.26. The maximum absolute atomic E-state index is 12.9. The molecule has 4 heteroatoms. The van der Waals surface area contributed by atoms with Gasteiger partial charge in [0.05, 0.1) is 17.0 Å². The van der Waals surface area contributed by atoms with Crippen LogP contribution in [0.5, 0.6) is 0 Å². The zero-order valence-electron chi connectivity index (χ0n) is 14.9. The van der Waals surface area contributed by atoms with E-state index >= 15 is 0 Å². The summed E-state index contributed by atoms with van der Waals surface area (Å²) in [4.78, 5) is 15.2.